The normalized spacial score (nSPS) is 13.1. The van der Waals surface area contributed by atoms with Gasteiger partial charge in [-0.3, -0.25) is 48.5 Å². The molecule has 4 rings (SSSR count). The standard InChI is InChI=1S/C63H84F5N9O23/c1-39(2)56(60(85)74-45(4-3-20-71-62(69)87)59(84)72-42-7-5-40(6-8-42)38-98-63(88)99-44-11-9-43(10-12-44)77(89)90)75-48(79)14-13-46(58(83)70-21-25-92-27-29-94-31-33-96-35-37-97-36-34-95-32-30-93-28-26-91-24-19-50(81)82)73-47(78)15-16-49(80)76-22-17-41(18-23-76)61(86)100-57-54(67)52(65)51(64)53(66)55(57)68/h5-12,39,41,45-46,56H,3-4,13-38H2,1-2H3,(H,70,83)(H,72,84)(H,73,78)(H,74,85)(H,75,79)(H,81,82)(H3,69,71,87)/t45-,46-,56-/m0/s1. The van der Waals surface area contributed by atoms with E-state index in [1.54, 1.807) is 13.8 Å². The summed E-state index contributed by atoms with van der Waals surface area (Å²) in [4.78, 5) is 140. The number of anilines is 1. The van der Waals surface area contributed by atoms with Crippen LogP contribution in [0.2, 0.25) is 0 Å². The van der Waals surface area contributed by atoms with E-state index in [9.17, 15) is 80.0 Å². The molecule has 1 fully saturated rings. The van der Waals surface area contributed by atoms with Crippen LogP contribution in [-0.2, 0) is 82.9 Å². The number of amides is 8. The zero-order valence-electron chi connectivity index (χ0n) is 55.1. The fourth-order valence-corrected chi connectivity index (χ4v) is 9.01. The van der Waals surface area contributed by atoms with Gasteiger partial charge in [-0.1, -0.05) is 26.0 Å². The average Bonchev–Trinajstić information content (AvgIpc) is 0.795. The van der Waals surface area contributed by atoms with Gasteiger partial charge in [-0.2, -0.15) is 8.78 Å². The van der Waals surface area contributed by atoms with Crippen LogP contribution in [0.15, 0.2) is 48.5 Å². The molecule has 3 aromatic carbocycles. The first kappa shape index (κ1) is 83.2. The number of halogens is 5. The first-order valence-corrected chi connectivity index (χ1v) is 31.8. The van der Waals surface area contributed by atoms with Crippen molar-refractivity contribution in [3.8, 4) is 11.5 Å². The molecule has 1 heterocycles. The van der Waals surface area contributed by atoms with Gasteiger partial charge in [0.05, 0.1) is 110 Å². The molecule has 1 aliphatic heterocycles. The number of non-ortho nitro benzene ring substituents is 1. The smallest absolute Gasteiger partial charge is 0.481 e. The van der Waals surface area contributed by atoms with Crippen molar-refractivity contribution >= 4 is 70.9 Å². The number of carboxylic acid groups (broad SMARTS) is 1. The van der Waals surface area contributed by atoms with E-state index in [0.717, 1.165) is 12.1 Å². The third-order valence-corrected chi connectivity index (χ3v) is 14.4. The number of esters is 1. The quantitative estimate of drug-likeness (QED) is 0.00460. The number of nitrogens with zero attached hydrogens (tertiary/aromatic N) is 2. The molecule has 0 aromatic heterocycles. The number of nitro benzene ring substituents is 1. The van der Waals surface area contributed by atoms with Gasteiger partial charge in [0.15, 0.2) is 0 Å². The SMILES string of the molecule is CC(C)[C@H](NC(=O)CC[C@H](NC(=O)CCC(=O)N1CCC(C(=O)Oc2c(F)c(F)c(F)c(F)c2F)CC1)C(=O)NCCOCCOCCOCCOCCOCCOCCOCCC(=O)O)C(=O)N[C@@H](CCCNC(N)=O)C(=O)Nc1ccc(COC(=O)Oc2ccc([N+](=O)[O-])cc2)cc1. The number of urea groups is 1. The number of benzene rings is 3. The maximum atomic E-state index is 14.2. The molecule has 1 saturated heterocycles. The van der Waals surface area contributed by atoms with Crippen LogP contribution >= 0.6 is 0 Å². The third kappa shape index (κ3) is 32.2. The van der Waals surface area contributed by atoms with E-state index in [1.807, 2.05) is 0 Å². The fourth-order valence-electron chi connectivity index (χ4n) is 9.01. The van der Waals surface area contributed by atoms with Gasteiger partial charge >= 0.3 is 24.1 Å². The minimum Gasteiger partial charge on any atom is -0.481 e. The van der Waals surface area contributed by atoms with Crippen LogP contribution < -0.4 is 47.1 Å². The topological polar surface area (TPSA) is 428 Å². The van der Waals surface area contributed by atoms with E-state index in [1.165, 1.54) is 41.3 Å². The summed E-state index contributed by atoms with van der Waals surface area (Å²) in [6, 6.07) is 5.94. The maximum Gasteiger partial charge on any atom is 0.514 e. The summed E-state index contributed by atoms with van der Waals surface area (Å²) in [5, 5.41) is 35.0. The summed E-state index contributed by atoms with van der Waals surface area (Å²) in [5.41, 5.74) is 5.71. The van der Waals surface area contributed by atoms with E-state index >= 15 is 0 Å². The number of carbonyl (C=O) groups excluding carboxylic acids is 9. The minimum absolute atomic E-state index is 0.000389. The number of hydrogen-bond acceptors (Lipinski definition) is 22. The summed E-state index contributed by atoms with van der Waals surface area (Å²) in [7, 11) is 0. The second kappa shape index (κ2) is 46.1. The highest BCUT2D eigenvalue weighted by molar-refractivity contribution is 5.98. The molecular weight excluding hydrogens is 1350 g/mol. The van der Waals surface area contributed by atoms with Crippen molar-refractivity contribution < 1.29 is 127 Å². The van der Waals surface area contributed by atoms with Gasteiger partial charge in [0.2, 0.25) is 70.3 Å². The van der Waals surface area contributed by atoms with Crippen LogP contribution in [0.1, 0.15) is 77.2 Å². The number of primary amides is 1. The molecule has 8 amide bonds. The molecule has 0 bridgehead atoms. The fraction of sp³-hybridized carbons (Fsp3) is 0.556. The second-order valence-corrected chi connectivity index (χ2v) is 22.2. The number of piperidine rings is 1. The lowest BCUT2D eigenvalue weighted by Gasteiger charge is -2.31. The predicted molar refractivity (Wildman–Crippen MR) is 337 cm³/mol. The van der Waals surface area contributed by atoms with Gasteiger partial charge < -0.3 is 95.0 Å². The van der Waals surface area contributed by atoms with E-state index in [2.05, 4.69) is 36.6 Å². The Balaban J connectivity index is 1.27. The van der Waals surface area contributed by atoms with Crippen LogP contribution in [0.5, 0.6) is 11.5 Å². The van der Waals surface area contributed by atoms with Crippen molar-refractivity contribution in [2.24, 2.45) is 17.6 Å². The lowest BCUT2D eigenvalue weighted by atomic mass is 9.96. The lowest BCUT2D eigenvalue weighted by molar-refractivity contribution is -0.384. The summed E-state index contributed by atoms with van der Waals surface area (Å²) in [5.74, 6) is -21.9. The molecule has 0 spiro atoms. The maximum absolute atomic E-state index is 14.2. The molecule has 554 valence electrons. The molecule has 1 aliphatic rings. The number of carboxylic acids is 1. The van der Waals surface area contributed by atoms with Crippen LogP contribution in [0.3, 0.4) is 0 Å². The Morgan fingerprint density at radius 3 is 1.61 bits per heavy atom. The largest absolute Gasteiger partial charge is 0.514 e. The first-order valence-electron chi connectivity index (χ1n) is 31.8. The molecular formula is C63H84F5N9O23. The molecule has 3 aromatic rings. The monoisotopic (exact) mass is 1430 g/mol. The number of likely N-dealkylation sites (tertiary alicyclic amines) is 1. The molecule has 0 unspecified atom stereocenters. The Bertz CT molecular complexity index is 3120. The molecule has 0 aliphatic carbocycles. The van der Waals surface area contributed by atoms with Crippen molar-refractivity contribution in [3.63, 3.8) is 0 Å². The van der Waals surface area contributed by atoms with Gasteiger partial charge in [-0.05, 0) is 67.9 Å². The van der Waals surface area contributed by atoms with Gasteiger partial charge in [0.25, 0.3) is 5.69 Å². The number of hydrogen-bond donors (Lipinski definition) is 8. The number of nitro groups is 1. The summed E-state index contributed by atoms with van der Waals surface area (Å²) in [6.07, 6.45) is -3.07. The Kier molecular flexibility index (Phi) is 38.4. The Hall–Kier alpha value is -9.27. The highest BCUT2D eigenvalue weighted by Crippen LogP contribution is 2.31. The third-order valence-electron chi connectivity index (χ3n) is 14.4. The number of ether oxygens (including phenoxy) is 10. The Labute approximate surface area is 570 Å². The van der Waals surface area contributed by atoms with Gasteiger partial charge in [0, 0.05) is 63.3 Å². The van der Waals surface area contributed by atoms with Crippen molar-refractivity contribution in [1.82, 2.24) is 31.5 Å². The summed E-state index contributed by atoms with van der Waals surface area (Å²) in [6.45, 7) is 6.08. The Morgan fingerprint density at radius 2 is 1.09 bits per heavy atom. The van der Waals surface area contributed by atoms with Crippen molar-refractivity contribution in [1.29, 1.82) is 0 Å². The van der Waals surface area contributed by atoms with Crippen LogP contribution in [-0.4, -0.2) is 211 Å². The molecule has 100 heavy (non-hydrogen) atoms. The highest BCUT2D eigenvalue weighted by Gasteiger charge is 2.35. The number of aliphatic carboxylic acids is 1. The van der Waals surface area contributed by atoms with Gasteiger partial charge in [-0.25, -0.2) is 22.8 Å². The molecule has 0 radical (unpaired) electrons. The van der Waals surface area contributed by atoms with Crippen molar-refractivity contribution in [2.75, 3.05) is 124 Å². The Morgan fingerprint density at radius 1 is 0.580 bits per heavy atom. The van der Waals surface area contributed by atoms with Crippen LogP contribution in [0.4, 0.5) is 42.9 Å². The summed E-state index contributed by atoms with van der Waals surface area (Å²) >= 11 is 0. The van der Waals surface area contributed by atoms with Crippen LogP contribution in [0, 0.1) is 51.0 Å². The molecule has 32 nitrogen and oxygen atoms in total. The molecule has 0 saturated carbocycles. The average molecular weight is 1430 g/mol. The second-order valence-electron chi connectivity index (χ2n) is 22.2. The van der Waals surface area contributed by atoms with Crippen molar-refractivity contribution in [2.45, 2.75) is 96.4 Å². The van der Waals surface area contributed by atoms with E-state index in [0.29, 0.717) is 51.8 Å². The summed E-state index contributed by atoms with van der Waals surface area (Å²) < 4.78 is 122. The molecule has 37 heteroatoms. The number of carbonyl (C=O) groups is 10. The molecule has 3 atom stereocenters. The van der Waals surface area contributed by atoms with E-state index in [4.69, 9.17) is 53.5 Å². The molecule has 9 N–H and O–H groups in total. The number of nitrogens with two attached hydrogens (primary N) is 1. The zero-order valence-corrected chi connectivity index (χ0v) is 55.1. The number of nitrogens with one attached hydrogen (secondary N) is 6. The first-order chi connectivity index (χ1) is 47.8. The van der Waals surface area contributed by atoms with Gasteiger partial charge in [-0.15, -0.1) is 0 Å². The van der Waals surface area contributed by atoms with Crippen molar-refractivity contribution in [3.05, 3.63) is 93.3 Å². The predicted octanol–water partition coefficient (Wildman–Crippen LogP) is 3.62. The van der Waals surface area contributed by atoms with E-state index < -0.39 is 149 Å². The van der Waals surface area contributed by atoms with Gasteiger partial charge in [0.1, 0.15) is 30.5 Å². The minimum atomic E-state index is -2.44. The zero-order chi connectivity index (χ0) is 73.4. The number of rotatable bonds is 48. The highest BCUT2D eigenvalue weighted by atomic mass is 19.2. The van der Waals surface area contributed by atoms with Crippen LogP contribution in [0.25, 0.3) is 0 Å². The van der Waals surface area contributed by atoms with E-state index in [-0.39, 0.29) is 135 Å². The lowest BCUT2D eigenvalue weighted by Crippen LogP contribution is -2.55.